The van der Waals surface area contributed by atoms with Gasteiger partial charge in [-0.15, -0.1) is 11.8 Å². The minimum absolute atomic E-state index is 0.0462. The molecule has 3 heteroatoms. The van der Waals surface area contributed by atoms with Crippen molar-refractivity contribution in [1.29, 1.82) is 0 Å². The standard InChI is InChI=1S/C6H10OS2/c1-4(2)5(7)6(8)9-3/h4H,1-3H3. The van der Waals surface area contributed by atoms with Gasteiger partial charge >= 0.3 is 0 Å². The first-order valence-corrected chi connectivity index (χ1v) is 4.35. The minimum Gasteiger partial charge on any atom is -0.292 e. The minimum atomic E-state index is 0.0462. The van der Waals surface area contributed by atoms with E-state index in [4.69, 9.17) is 12.2 Å². The van der Waals surface area contributed by atoms with Crippen molar-refractivity contribution >= 4 is 34.0 Å². The molecule has 0 rings (SSSR count). The highest BCUT2D eigenvalue weighted by atomic mass is 32.2. The Morgan fingerprint density at radius 1 is 1.56 bits per heavy atom. The Kier molecular flexibility index (Phi) is 4.06. The van der Waals surface area contributed by atoms with Gasteiger partial charge in [-0.2, -0.15) is 0 Å². The first-order chi connectivity index (χ1) is 4.09. The van der Waals surface area contributed by atoms with Crippen LogP contribution in [-0.2, 0) is 4.79 Å². The van der Waals surface area contributed by atoms with E-state index in [1.165, 1.54) is 11.8 Å². The molecule has 0 aromatic rings. The van der Waals surface area contributed by atoms with Gasteiger partial charge in [-0.1, -0.05) is 26.1 Å². The van der Waals surface area contributed by atoms with Gasteiger partial charge in [-0.3, -0.25) is 4.79 Å². The highest BCUT2D eigenvalue weighted by Crippen LogP contribution is 2.05. The number of Topliss-reactive ketones (excluding diaryl/α,β-unsaturated/α-hetero) is 1. The van der Waals surface area contributed by atoms with Crippen LogP contribution < -0.4 is 0 Å². The molecule has 0 unspecified atom stereocenters. The molecule has 0 heterocycles. The molecule has 0 aromatic heterocycles. The number of thiocarbonyl (C=S) groups is 1. The Morgan fingerprint density at radius 3 is 2.11 bits per heavy atom. The number of rotatable bonds is 2. The van der Waals surface area contributed by atoms with Crippen molar-refractivity contribution in [1.82, 2.24) is 0 Å². The molecular formula is C6H10OS2. The van der Waals surface area contributed by atoms with Gasteiger partial charge in [0.15, 0.2) is 5.78 Å². The van der Waals surface area contributed by atoms with E-state index in [0.717, 1.165) is 0 Å². The van der Waals surface area contributed by atoms with Gasteiger partial charge in [-0.25, -0.2) is 0 Å². The Morgan fingerprint density at radius 2 is 2.00 bits per heavy atom. The number of hydrogen-bond donors (Lipinski definition) is 0. The number of hydrogen-bond acceptors (Lipinski definition) is 3. The zero-order valence-corrected chi connectivity index (χ0v) is 7.44. The summed E-state index contributed by atoms with van der Waals surface area (Å²) in [5.41, 5.74) is 0. The Balaban J connectivity index is 3.89. The maximum absolute atomic E-state index is 10.9. The third-order valence-corrected chi connectivity index (χ3v) is 2.18. The molecule has 0 N–H and O–H groups in total. The fraction of sp³-hybridized carbons (Fsp3) is 0.667. The quantitative estimate of drug-likeness (QED) is 0.577. The van der Waals surface area contributed by atoms with Gasteiger partial charge in [0.2, 0.25) is 0 Å². The van der Waals surface area contributed by atoms with Crippen LogP contribution in [0.4, 0.5) is 0 Å². The summed E-state index contributed by atoms with van der Waals surface area (Å²) >= 11 is 6.11. The zero-order chi connectivity index (χ0) is 7.44. The van der Waals surface area contributed by atoms with E-state index in [9.17, 15) is 4.79 Å². The summed E-state index contributed by atoms with van der Waals surface area (Å²) in [7, 11) is 0. The Bertz CT molecular complexity index is 129. The van der Waals surface area contributed by atoms with Crippen molar-refractivity contribution in [2.75, 3.05) is 6.26 Å². The molecule has 52 valence electrons. The number of thioether (sulfide) groups is 1. The van der Waals surface area contributed by atoms with Crippen LogP contribution in [0.3, 0.4) is 0 Å². The van der Waals surface area contributed by atoms with Crippen LogP contribution in [0.1, 0.15) is 13.8 Å². The zero-order valence-electron chi connectivity index (χ0n) is 5.80. The SMILES string of the molecule is CSC(=S)C(=O)C(C)C. The van der Waals surface area contributed by atoms with Crippen molar-refractivity contribution in [3.63, 3.8) is 0 Å². The van der Waals surface area contributed by atoms with Gasteiger partial charge in [-0.05, 0) is 6.26 Å². The summed E-state index contributed by atoms with van der Waals surface area (Å²) in [5.74, 6) is 0.127. The summed E-state index contributed by atoms with van der Waals surface area (Å²) in [6.45, 7) is 3.70. The van der Waals surface area contributed by atoms with Gasteiger partial charge in [0.1, 0.15) is 4.20 Å². The van der Waals surface area contributed by atoms with Crippen molar-refractivity contribution in [3.8, 4) is 0 Å². The van der Waals surface area contributed by atoms with Gasteiger partial charge in [0.05, 0.1) is 0 Å². The first kappa shape index (κ1) is 9.11. The molecule has 0 saturated heterocycles. The summed E-state index contributed by atoms with van der Waals surface area (Å²) in [6.07, 6.45) is 1.82. The molecule has 0 radical (unpaired) electrons. The van der Waals surface area contributed by atoms with E-state index < -0.39 is 0 Å². The van der Waals surface area contributed by atoms with Crippen molar-refractivity contribution in [2.45, 2.75) is 13.8 Å². The Hall–Kier alpha value is 0.110. The summed E-state index contributed by atoms with van der Waals surface area (Å²) in [5, 5.41) is 0. The maximum atomic E-state index is 10.9. The predicted octanol–water partition coefficient (Wildman–Crippen LogP) is 1.90. The Labute approximate surface area is 65.2 Å². The van der Waals surface area contributed by atoms with Gasteiger partial charge in [0.25, 0.3) is 0 Å². The van der Waals surface area contributed by atoms with Crippen LogP contribution in [0.5, 0.6) is 0 Å². The number of carbonyl (C=O) groups excluding carboxylic acids is 1. The average Bonchev–Trinajstić information content (AvgIpc) is 1.84. The second kappa shape index (κ2) is 4.01. The molecule has 0 aromatic carbocycles. The lowest BCUT2D eigenvalue weighted by Gasteiger charge is -2.00. The normalized spacial score (nSPS) is 9.78. The van der Waals surface area contributed by atoms with E-state index in [2.05, 4.69) is 0 Å². The fourth-order valence-electron chi connectivity index (χ4n) is 0.336. The van der Waals surface area contributed by atoms with Crippen LogP contribution in [0, 0.1) is 5.92 Å². The van der Waals surface area contributed by atoms with Crippen LogP contribution in [0.25, 0.3) is 0 Å². The second-order valence-electron chi connectivity index (χ2n) is 2.01. The molecule has 0 aliphatic carbocycles. The molecule has 0 amide bonds. The molecule has 0 aliphatic heterocycles. The lowest BCUT2D eigenvalue weighted by Crippen LogP contribution is -2.13. The molecule has 0 aliphatic rings. The second-order valence-corrected chi connectivity index (χ2v) is 3.49. The van der Waals surface area contributed by atoms with E-state index in [1.54, 1.807) is 0 Å². The summed E-state index contributed by atoms with van der Waals surface area (Å²) < 4.78 is 0.491. The first-order valence-electron chi connectivity index (χ1n) is 2.71. The van der Waals surface area contributed by atoms with Crippen LogP contribution in [0.2, 0.25) is 0 Å². The highest BCUT2D eigenvalue weighted by Gasteiger charge is 2.11. The topological polar surface area (TPSA) is 17.1 Å². The van der Waals surface area contributed by atoms with Gasteiger partial charge in [0, 0.05) is 5.92 Å². The summed E-state index contributed by atoms with van der Waals surface area (Å²) in [6, 6.07) is 0. The number of ketones is 1. The molecule has 0 spiro atoms. The van der Waals surface area contributed by atoms with Gasteiger partial charge < -0.3 is 0 Å². The van der Waals surface area contributed by atoms with E-state index in [-0.39, 0.29) is 11.7 Å². The number of carbonyl (C=O) groups is 1. The fourth-order valence-corrected chi connectivity index (χ4v) is 1.01. The third-order valence-electron chi connectivity index (χ3n) is 0.911. The van der Waals surface area contributed by atoms with Crippen LogP contribution in [0.15, 0.2) is 0 Å². The maximum Gasteiger partial charge on any atom is 0.182 e. The molecule has 0 fully saturated rings. The van der Waals surface area contributed by atoms with Crippen LogP contribution >= 0.6 is 24.0 Å². The van der Waals surface area contributed by atoms with Crippen molar-refractivity contribution in [2.24, 2.45) is 5.92 Å². The van der Waals surface area contributed by atoms with Crippen molar-refractivity contribution in [3.05, 3.63) is 0 Å². The molecule has 0 atom stereocenters. The molecule has 9 heavy (non-hydrogen) atoms. The van der Waals surface area contributed by atoms with E-state index in [1.807, 2.05) is 20.1 Å². The van der Waals surface area contributed by atoms with E-state index >= 15 is 0 Å². The monoisotopic (exact) mass is 162 g/mol. The predicted molar refractivity (Wildman–Crippen MR) is 46.0 cm³/mol. The molecule has 0 bridgehead atoms. The molecule has 0 saturated carbocycles. The third kappa shape index (κ3) is 2.96. The molecular weight excluding hydrogens is 152 g/mol. The van der Waals surface area contributed by atoms with E-state index in [0.29, 0.717) is 4.20 Å². The van der Waals surface area contributed by atoms with Crippen molar-refractivity contribution < 1.29 is 4.79 Å². The molecule has 1 nitrogen and oxygen atoms in total. The largest absolute Gasteiger partial charge is 0.292 e. The lowest BCUT2D eigenvalue weighted by atomic mass is 10.1. The lowest BCUT2D eigenvalue weighted by molar-refractivity contribution is -0.115. The average molecular weight is 162 g/mol. The highest BCUT2D eigenvalue weighted by molar-refractivity contribution is 8.24. The summed E-state index contributed by atoms with van der Waals surface area (Å²) in [4.78, 5) is 10.9. The van der Waals surface area contributed by atoms with Crippen LogP contribution in [-0.4, -0.2) is 16.2 Å². The smallest absolute Gasteiger partial charge is 0.182 e.